The van der Waals surface area contributed by atoms with Crippen molar-refractivity contribution in [2.75, 3.05) is 11.9 Å². The van der Waals surface area contributed by atoms with Gasteiger partial charge in [-0.15, -0.1) is 0 Å². The van der Waals surface area contributed by atoms with E-state index in [1.807, 2.05) is 0 Å². The van der Waals surface area contributed by atoms with Crippen LogP contribution in [0.1, 0.15) is 42.7 Å². The molecular formula is C22H22F3N5O3S2. The first-order valence-corrected chi connectivity index (χ1v) is 13.3. The maximum atomic E-state index is 13.4. The summed E-state index contributed by atoms with van der Waals surface area (Å²) < 4.78 is 72.8. The molecule has 0 atom stereocenters. The van der Waals surface area contributed by atoms with Crippen molar-refractivity contribution < 1.29 is 26.3 Å². The highest BCUT2D eigenvalue weighted by atomic mass is 32.2. The number of alkyl halides is 3. The molecule has 3 N–H and O–H groups in total. The third kappa shape index (κ3) is 4.84. The average molecular weight is 526 g/mol. The lowest BCUT2D eigenvalue weighted by atomic mass is 9.72. The average Bonchev–Trinajstić information content (AvgIpc) is 3.46. The number of sulfonamides is 1. The summed E-state index contributed by atoms with van der Waals surface area (Å²) in [4.78, 5) is 8.65. The lowest BCUT2D eigenvalue weighted by Crippen LogP contribution is -2.30. The van der Waals surface area contributed by atoms with Gasteiger partial charge in [-0.05, 0) is 78.9 Å². The number of hydrogen-bond donors (Lipinski definition) is 2. The topological polar surface area (TPSA) is 120 Å². The summed E-state index contributed by atoms with van der Waals surface area (Å²) in [6, 6.07) is 5.93. The van der Waals surface area contributed by atoms with Crippen molar-refractivity contribution in [2.45, 2.75) is 48.1 Å². The minimum Gasteiger partial charge on any atom is -0.477 e. The first-order valence-electron chi connectivity index (χ1n) is 10.9. The van der Waals surface area contributed by atoms with E-state index >= 15 is 0 Å². The number of rotatable bonds is 8. The second kappa shape index (κ2) is 8.71. The van der Waals surface area contributed by atoms with Crippen LogP contribution in [0.25, 0.3) is 0 Å². The van der Waals surface area contributed by atoms with Gasteiger partial charge in [-0.3, -0.25) is 0 Å². The quantitative estimate of drug-likeness (QED) is 0.445. The van der Waals surface area contributed by atoms with Crippen molar-refractivity contribution in [3.63, 3.8) is 0 Å². The Bertz CT molecular complexity index is 1300. The Morgan fingerprint density at radius 3 is 2.37 bits per heavy atom. The molecule has 1 aromatic carbocycles. The summed E-state index contributed by atoms with van der Waals surface area (Å²) in [6.07, 6.45) is 1.00. The highest BCUT2D eigenvalue weighted by molar-refractivity contribution is 7.89. The van der Waals surface area contributed by atoms with Gasteiger partial charge in [-0.1, -0.05) is 0 Å². The van der Waals surface area contributed by atoms with Gasteiger partial charge in [0.15, 0.2) is 0 Å². The van der Waals surface area contributed by atoms with E-state index in [1.54, 1.807) is 24.5 Å². The van der Waals surface area contributed by atoms with Crippen LogP contribution in [0.5, 0.6) is 5.88 Å². The SMILES string of the molecule is NS(=O)(=O)c1ccc(Nc2ncc(C3CC(COc4nscc4C4(C(F)(F)F)CC4)C3)cn2)cc1. The number of ether oxygens (including phenoxy) is 1. The Morgan fingerprint density at radius 2 is 1.80 bits per heavy atom. The van der Waals surface area contributed by atoms with Gasteiger partial charge in [0.2, 0.25) is 21.9 Å². The number of nitrogens with zero attached hydrogens (tertiary/aromatic N) is 3. The lowest BCUT2D eigenvalue weighted by molar-refractivity contribution is -0.161. The van der Waals surface area contributed by atoms with Gasteiger partial charge in [0.1, 0.15) is 0 Å². The normalized spacial score (nSPS) is 21.3. The molecule has 0 bridgehead atoms. The Morgan fingerprint density at radius 1 is 1.14 bits per heavy atom. The zero-order valence-electron chi connectivity index (χ0n) is 18.3. The van der Waals surface area contributed by atoms with Gasteiger partial charge in [-0.2, -0.15) is 17.5 Å². The number of primary sulfonamides is 1. The molecule has 2 fully saturated rings. The van der Waals surface area contributed by atoms with E-state index in [-0.39, 0.29) is 41.0 Å². The number of nitrogens with one attached hydrogen (secondary N) is 1. The van der Waals surface area contributed by atoms with Crippen molar-refractivity contribution in [3.8, 4) is 5.88 Å². The largest absolute Gasteiger partial charge is 0.477 e. The summed E-state index contributed by atoms with van der Waals surface area (Å²) in [5, 5.41) is 9.55. The van der Waals surface area contributed by atoms with Gasteiger partial charge < -0.3 is 10.1 Å². The van der Waals surface area contributed by atoms with E-state index in [0.717, 1.165) is 29.9 Å². The number of benzene rings is 1. The predicted octanol–water partition coefficient (Wildman–Crippen LogP) is 4.49. The van der Waals surface area contributed by atoms with Crippen LogP contribution in [0.4, 0.5) is 24.8 Å². The third-order valence-corrected chi connectivity index (χ3v) is 8.16. The van der Waals surface area contributed by atoms with Crippen molar-refractivity contribution in [3.05, 3.63) is 53.2 Å². The van der Waals surface area contributed by atoms with Crippen LogP contribution < -0.4 is 15.2 Å². The Kier molecular flexibility index (Phi) is 5.96. The zero-order valence-corrected chi connectivity index (χ0v) is 20.0. The first kappa shape index (κ1) is 23.9. The van der Waals surface area contributed by atoms with Gasteiger partial charge in [0, 0.05) is 29.0 Å². The van der Waals surface area contributed by atoms with E-state index in [9.17, 15) is 21.6 Å². The van der Waals surface area contributed by atoms with Crippen LogP contribution in [0, 0.1) is 5.92 Å². The van der Waals surface area contributed by atoms with Gasteiger partial charge >= 0.3 is 6.18 Å². The second-order valence-corrected chi connectivity index (χ2v) is 11.2. The Balaban J connectivity index is 1.12. The van der Waals surface area contributed by atoms with E-state index < -0.39 is 21.6 Å². The first-order chi connectivity index (χ1) is 16.5. The minimum atomic E-state index is -4.29. The molecule has 2 saturated carbocycles. The highest BCUT2D eigenvalue weighted by Gasteiger charge is 2.65. The molecule has 2 aliphatic carbocycles. The lowest BCUT2D eigenvalue weighted by Gasteiger charge is -2.35. The highest BCUT2D eigenvalue weighted by Crippen LogP contribution is 2.61. The number of anilines is 2. The van der Waals surface area contributed by atoms with Crippen LogP contribution in [0.15, 0.2) is 46.9 Å². The predicted molar refractivity (Wildman–Crippen MR) is 123 cm³/mol. The molecule has 2 aromatic heterocycles. The summed E-state index contributed by atoms with van der Waals surface area (Å²) in [5.41, 5.74) is -0.0262. The number of nitrogens with two attached hydrogens (primary N) is 1. The smallest absolute Gasteiger partial charge is 0.398 e. The number of hydrogen-bond acceptors (Lipinski definition) is 8. The van der Waals surface area contributed by atoms with E-state index in [1.165, 1.54) is 17.5 Å². The van der Waals surface area contributed by atoms with Crippen molar-refractivity contribution in [1.82, 2.24) is 14.3 Å². The molecule has 0 saturated heterocycles. The molecule has 8 nitrogen and oxygen atoms in total. The Hall–Kier alpha value is -2.77. The number of halogens is 3. The van der Waals surface area contributed by atoms with E-state index in [4.69, 9.17) is 9.88 Å². The number of aromatic nitrogens is 3. The van der Waals surface area contributed by atoms with Gasteiger partial charge in [0.05, 0.1) is 16.9 Å². The monoisotopic (exact) mass is 525 g/mol. The van der Waals surface area contributed by atoms with Crippen molar-refractivity contribution in [1.29, 1.82) is 0 Å². The van der Waals surface area contributed by atoms with Crippen LogP contribution >= 0.6 is 11.5 Å². The summed E-state index contributed by atoms with van der Waals surface area (Å²) in [6.45, 7) is 0.330. The molecule has 3 aromatic rings. The molecule has 13 heteroatoms. The second-order valence-electron chi connectivity index (χ2n) is 8.99. The molecule has 0 aliphatic heterocycles. The minimum absolute atomic E-state index is 0.0150. The van der Waals surface area contributed by atoms with Crippen LogP contribution in [-0.2, 0) is 15.4 Å². The third-order valence-electron chi connectivity index (χ3n) is 6.62. The van der Waals surface area contributed by atoms with E-state index in [2.05, 4.69) is 19.7 Å². The molecule has 35 heavy (non-hydrogen) atoms. The molecular weight excluding hydrogens is 503 g/mol. The van der Waals surface area contributed by atoms with Gasteiger partial charge in [-0.25, -0.2) is 23.5 Å². The molecule has 0 spiro atoms. The zero-order chi connectivity index (χ0) is 24.8. The Labute approximate surface area is 204 Å². The maximum Gasteiger partial charge on any atom is 0.398 e. The fraction of sp³-hybridized carbons (Fsp3) is 0.409. The van der Waals surface area contributed by atoms with Crippen LogP contribution in [0.2, 0.25) is 0 Å². The molecule has 2 aliphatic rings. The van der Waals surface area contributed by atoms with E-state index in [0.29, 0.717) is 18.2 Å². The standard InChI is InChI=1S/C22H22F3N5O3S2/c23-22(24,25)21(5-6-21)18-12-34-30-19(18)33-11-13-7-14(8-13)15-9-27-20(28-10-15)29-16-1-3-17(4-2-16)35(26,31)32/h1-4,9-10,12-14H,5-8,11H2,(H2,26,31,32)(H,27,28,29). The van der Waals surface area contributed by atoms with Crippen molar-refractivity contribution in [2.24, 2.45) is 11.1 Å². The fourth-order valence-corrected chi connectivity index (χ4v) is 5.54. The van der Waals surface area contributed by atoms with Crippen LogP contribution in [0.3, 0.4) is 0 Å². The maximum absolute atomic E-state index is 13.4. The molecule has 0 radical (unpaired) electrons. The molecule has 2 heterocycles. The summed E-state index contributed by atoms with van der Waals surface area (Å²) in [5.74, 6) is 0.965. The summed E-state index contributed by atoms with van der Waals surface area (Å²) >= 11 is 0.998. The van der Waals surface area contributed by atoms with Gasteiger partial charge in [0.25, 0.3) is 0 Å². The molecule has 0 unspecified atom stereocenters. The van der Waals surface area contributed by atoms with Crippen molar-refractivity contribution >= 4 is 33.2 Å². The molecule has 0 amide bonds. The van der Waals surface area contributed by atoms with Crippen LogP contribution in [-0.4, -0.2) is 35.5 Å². The fourth-order valence-electron chi connectivity index (χ4n) is 4.29. The molecule has 186 valence electrons. The summed E-state index contributed by atoms with van der Waals surface area (Å²) in [7, 11) is -3.75. The molecule has 5 rings (SSSR count).